The van der Waals surface area contributed by atoms with Gasteiger partial charge in [-0.25, -0.2) is 4.79 Å². The molecule has 0 radical (unpaired) electrons. The Bertz CT molecular complexity index is 1430. The van der Waals surface area contributed by atoms with Crippen molar-refractivity contribution in [3.8, 4) is 0 Å². The summed E-state index contributed by atoms with van der Waals surface area (Å²) in [5, 5.41) is 9.01. The Labute approximate surface area is 220 Å². The van der Waals surface area contributed by atoms with Crippen molar-refractivity contribution in [1.82, 2.24) is 10.2 Å². The van der Waals surface area contributed by atoms with E-state index in [1.54, 1.807) is 6.07 Å². The van der Waals surface area contributed by atoms with Crippen LogP contribution in [0.4, 0.5) is 16.2 Å². The summed E-state index contributed by atoms with van der Waals surface area (Å²) in [7, 11) is 0. The average molecular weight is 509 g/mol. The van der Waals surface area contributed by atoms with Gasteiger partial charge in [-0.3, -0.25) is 24.5 Å². The monoisotopic (exact) mass is 508 g/mol. The zero-order valence-corrected chi connectivity index (χ0v) is 21.0. The van der Waals surface area contributed by atoms with Crippen LogP contribution in [0.2, 0.25) is 0 Å². The summed E-state index contributed by atoms with van der Waals surface area (Å²) in [6, 6.07) is 24.3. The van der Waals surface area contributed by atoms with E-state index in [-0.39, 0.29) is 18.4 Å². The molecule has 9 heteroatoms. The summed E-state index contributed by atoms with van der Waals surface area (Å²) >= 11 is 0. The maximum absolute atomic E-state index is 13.1. The number of carbonyl (C=O) groups excluding carboxylic acids is 3. The third kappa shape index (κ3) is 5.62. The minimum Gasteiger partial charge on any atom is -0.340 e. The lowest BCUT2D eigenvalue weighted by Gasteiger charge is -2.18. The molecule has 0 bridgehead atoms. The lowest BCUT2D eigenvalue weighted by atomic mass is 10.0. The Kier molecular flexibility index (Phi) is 7.26. The number of carbonyl (C=O) groups is 3. The summed E-state index contributed by atoms with van der Waals surface area (Å²) in [5.41, 5.74) is 4.75. The zero-order chi connectivity index (χ0) is 26.5. The number of benzene rings is 3. The number of nitrogens with zero attached hydrogens (tertiary/aromatic N) is 3. The molecule has 1 saturated heterocycles. The Morgan fingerprint density at radius 3 is 2.61 bits per heavy atom. The lowest BCUT2D eigenvalue weighted by molar-refractivity contribution is -0.140. The van der Waals surface area contributed by atoms with Crippen LogP contribution >= 0.6 is 0 Å². The van der Waals surface area contributed by atoms with Gasteiger partial charge in [0.25, 0.3) is 5.91 Å². The van der Waals surface area contributed by atoms with Crippen molar-refractivity contribution < 1.29 is 14.4 Å². The molecule has 0 aliphatic carbocycles. The van der Waals surface area contributed by atoms with Crippen LogP contribution in [0.3, 0.4) is 0 Å². The first-order valence-electron chi connectivity index (χ1n) is 12.5. The minimum absolute atomic E-state index is 0.189. The number of anilines is 2. The summed E-state index contributed by atoms with van der Waals surface area (Å²) < 4.78 is 0. The Morgan fingerprint density at radius 2 is 1.84 bits per heavy atom. The highest BCUT2D eigenvalue weighted by Crippen LogP contribution is 2.24. The van der Waals surface area contributed by atoms with E-state index in [0.29, 0.717) is 36.6 Å². The Morgan fingerprint density at radius 1 is 1.05 bits per heavy atom. The SMILES string of the molecule is Cc1cccc(NC(=O)NC2N=C(c3ccccc3)c3ccccc3NC2=NCC(=O)N2CCCC2=O)c1. The van der Waals surface area contributed by atoms with Gasteiger partial charge >= 0.3 is 6.03 Å². The quantitative estimate of drug-likeness (QED) is 0.484. The number of rotatable bonds is 5. The standard InChI is InChI=1S/C29H28N6O3/c1-19-9-7-12-21(17-19)31-29(38)34-28-27(30-18-25(37)35-16-8-15-24(35)36)32-23-14-6-5-13-22(23)26(33-28)20-10-3-2-4-11-20/h2-7,9-14,17,28H,8,15-16,18H2,1H3,(H,30,32)(H2,31,34,38). The van der Waals surface area contributed by atoms with Gasteiger partial charge in [-0.15, -0.1) is 0 Å². The van der Waals surface area contributed by atoms with E-state index in [0.717, 1.165) is 22.4 Å². The summed E-state index contributed by atoms with van der Waals surface area (Å²) in [6.45, 7) is 2.10. The number of nitrogens with one attached hydrogen (secondary N) is 3. The van der Waals surface area contributed by atoms with Crippen molar-refractivity contribution in [1.29, 1.82) is 0 Å². The van der Waals surface area contributed by atoms with E-state index in [1.165, 1.54) is 4.90 Å². The minimum atomic E-state index is -0.926. The van der Waals surface area contributed by atoms with Crippen LogP contribution in [-0.4, -0.2) is 53.5 Å². The molecule has 0 spiro atoms. The first-order chi connectivity index (χ1) is 18.5. The van der Waals surface area contributed by atoms with Gasteiger partial charge in [-0.2, -0.15) is 0 Å². The highest BCUT2D eigenvalue weighted by molar-refractivity contribution is 6.20. The lowest BCUT2D eigenvalue weighted by Crippen LogP contribution is -2.45. The van der Waals surface area contributed by atoms with Gasteiger partial charge in [0.2, 0.25) is 5.91 Å². The molecule has 3 aromatic rings. The number of likely N-dealkylation sites (tertiary alicyclic amines) is 1. The molecule has 38 heavy (non-hydrogen) atoms. The van der Waals surface area contributed by atoms with Crippen molar-refractivity contribution in [2.45, 2.75) is 25.9 Å². The molecule has 0 saturated carbocycles. The van der Waals surface area contributed by atoms with Crippen molar-refractivity contribution in [3.05, 3.63) is 95.6 Å². The number of amides is 4. The van der Waals surface area contributed by atoms with Crippen LogP contribution in [0.5, 0.6) is 0 Å². The number of urea groups is 1. The Hall–Kier alpha value is -4.79. The molecule has 2 aliphatic rings. The van der Waals surface area contributed by atoms with Crippen LogP contribution < -0.4 is 16.0 Å². The van der Waals surface area contributed by atoms with Crippen molar-refractivity contribution in [3.63, 3.8) is 0 Å². The number of fused-ring (bicyclic) bond motifs is 1. The highest BCUT2D eigenvalue weighted by Gasteiger charge is 2.28. The average Bonchev–Trinajstić information content (AvgIpc) is 3.28. The van der Waals surface area contributed by atoms with Gasteiger partial charge in [0, 0.05) is 35.5 Å². The summed E-state index contributed by atoms with van der Waals surface area (Å²) in [6.07, 6.45) is 0.0903. The number of hydrogen-bond donors (Lipinski definition) is 3. The fraction of sp³-hybridized carbons (Fsp3) is 0.207. The van der Waals surface area contributed by atoms with Crippen LogP contribution in [0.25, 0.3) is 0 Å². The molecule has 2 heterocycles. The molecule has 2 aliphatic heterocycles. The maximum atomic E-state index is 13.1. The molecule has 9 nitrogen and oxygen atoms in total. The van der Waals surface area contributed by atoms with E-state index < -0.39 is 12.2 Å². The number of para-hydroxylation sites is 1. The van der Waals surface area contributed by atoms with Crippen LogP contribution in [0, 0.1) is 6.92 Å². The number of aliphatic imine (C=N–C) groups is 2. The normalized spacial score (nSPS) is 17.8. The molecular formula is C29H28N6O3. The molecule has 4 amide bonds. The number of aryl methyl sites for hydroxylation is 1. The van der Waals surface area contributed by atoms with E-state index >= 15 is 0 Å². The molecule has 192 valence electrons. The molecule has 0 aromatic heterocycles. The topological polar surface area (TPSA) is 115 Å². The predicted octanol–water partition coefficient (Wildman–Crippen LogP) is 3.95. The second kappa shape index (κ2) is 11.1. The smallest absolute Gasteiger partial charge is 0.321 e. The highest BCUT2D eigenvalue weighted by atomic mass is 16.2. The van der Waals surface area contributed by atoms with Gasteiger partial charge < -0.3 is 16.0 Å². The second-order valence-electron chi connectivity index (χ2n) is 9.13. The van der Waals surface area contributed by atoms with Crippen LogP contribution in [-0.2, 0) is 9.59 Å². The summed E-state index contributed by atoms with van der Waals surface area (Å²) in [5.74, 6) is -0.275. The molecule has 1 unspecified atom stereocenters. The van der Waals surface area contributed by atoms with E-state index in [1.807, 2.05) is 79.7 Å². The molecule has 5 rings (SSSR count). The fourth-order valence-electron chi connectivity index (χ4n) is 4.48. The predicted molar refractivity (Wildman–Crippen MR) is 148 cm³/mol. The number of benzodiazepines with no additional fused rings is 1. The number of imide groups is 1. The molecule has 3 aromatic carbocycles. The third-order valence-corrected chi connectivity index (χ3v) is 6.31. The maximum Gasteiger partial charge on any atom is 0.321 e. The van der Waals surface area contributed by atoms with Crippen molar-refractivity contribution in [2.24, 2.45) is 9.98 Å². The molecular weight excluding hydrogens is 480 g/mol. The van der Waals surface area contributed by atoms with Gasteiger partial charge in [0.15, 0.2) is 6.17 Å². The number of hydrogen-bond acceptors (Lipinski definition) is 5. The Balaban J connectivity index is 1.50. The van der Waals surface area contributed by atoms with E-state index in [4.69, 9.17) is 4.99 Å². The van der Waals surface area contributed by atoms with Gasteiger partial charge in [0.1, 0.15) is 12.4 Å². The number of amidine groups is 1. The van der Waals surface area contributed by atoms with Crippen LogP contribution in [0.15, 0.2) is 88.8 Å². The van der Waals surface area contributed by atoms with E-state index in [9.17, 15) is 14.4 Å². The molecule has 1 fully saturated rings. The van der Waals surface area contributed by atoms with E-state index in [2.05, 4.69) is 20.9 Å². The van der Waals surface area contributed by atoms with Crippen molar-refractivity contribution >= 4 is 40.8 Å². The van der Waals surface area contributed by atoms with Gasteiger partial charge in [-0.05, 0) is 37.1 Å². The van der Waals surface area contributed by atoms with Gasteiger partial charge in [0.05, 0.1) is 5.71 Å². The second-order valence-corrected chi connectivity index (χ2v) is 9.13. The first-order valence-corrected chi connectivity index (χ1v) is 12.5. The van der Waals surface area contributed by atoms with Crippen molar-refractivity contribution in [2.75, 3.05) is 23.7 Å². The summed E-state index contributed by atoms with van der Waals surface area (Å²) in [4.78, 5) is 48.5. The largest absolute Gasteiger partial charge is 0.340 e. The van der Waals surface area contributed by atoms with Crippen LogP contribution in [0.1, 0.15) is 29.5 Å². The first kappa shape index (κ1) is 24.9. The zero-order valence-electron chi connectivity index (χ0n) is 21.0. The van der Waals surface area contributed by atoms with Gasteiger partial charge in [-0.1, -0.05) is 60.7 Å². The fourth-order valence-corrected chi connectivity index (χ4v) is 4.48. The molecule has 3 N–H and O–H groups in total. The third-order valence-electron chi connectivity index (χ3n) is 6.31. The molecule has 1 atom stereocenters.